The van der Waals surface area contributed by atoms with Gasteiger partial charge in [-0.3, -0.25) is 46.3 Å². The van der Waals surface area contributed by atoms with Crippen LogP contribution in [0, 0.1) is 39.8 Å². The van der Waals surface area contributed by atoms with Gasteiger partial charge in [0.05, 0.1) is 0 Å². The lowest BCUT2D eigenvalue weighted by Gasteiger charge is -2.06. The molecule has 0 aliphatic heterocycles. The first-order valence-electron chi connectivity index (χ1n) is 28.2. The third-order valence-electron chi connectivity index (χ3n) is 11.1. The fourth-order valence-corrected chi connectivity index (χ4v) is 6.89. The molecule has 27 N–H and O–H groups in total. The average molecular weight is 1100 g/mol. The Morgan fingerprint density at radius 3 is 0.897 bits per heavy atom. The second-order valence-electron chi connectivity index (χ2n) is 18.2. The first kappa shape index (κ1) is 75.2. The third kappa shape index (κ3) is 63.3. The highest BCUT2D eigenvalue weighted by Crippen LogP contribution is 2.08. The third-order valence-corrected chi connectivity index (χ3v) is 11.1. The van der Waals surface area contributed by atoms with Crippen molar-refractivity contribution in [3.8, 4) is 18.6 Å². The Hall–Kier alpha value is -7.02. The normalized spacial score (nSPS) is 12.5. The van der Waals surface area contributed by atoms with Gasteiger partial charge in [-0.05, 0) is 96.7 Å². The molecule has 0 aliphatic carbocycles. The summed E-state index contributed by atoms with van der Waals surface area (Å²) in [4.78, 5) is 32.8. The Morgan fingerprint density at radius 2 is 0.590 bits per heavy atom. The molecule has 0 aromatic rings. The predicted molar refractivity (Wildman–Crippen MR) is 325 cm³/mol. The molecule has 78 heavy (non-hydrogen) atoms. The maximum atomic E-state index is 8.38. The summed E-state index contributed by atoms with van der Waals surface area (Å²) in [7, 11) is 0. The first-order chi connectivity index (χ1) is 37.8. The maximum Gasteiger partial charge on any atom is 0.216 e. The molecule has 444 valence electrons. The summed E-state index contributed by atoms with van der Waals surface area (Å²) < 4.78 is 0. The highest BCUT2D eigenvalue weighted by atomic mass is 15.1. The lowest BCUT2D eigenvalue weighted by Crippen LogP contribution is -2.27. The zero-order valence-electron chi connectivity index (χ0n) is 47.3. The summed E-state index contributed by atoms with van der Waals surface area (Å²) >= 11 is 0. The molecule has 27 nitrogen and oxygen atoms in total. The number of guanidine groups is 6. The van der Waals surface area contributed by atoms with E-state index in [-0.39, 0.29) is 29.8 Å². The van der Waals surface area contributed by atoms with Gasteiger partial charge in [0.1, 0.15) is 17.5 Å². The van der Waals surface area contributed by atoms with E-state index in [1.165, 1.54) is 25.7 Å². The number of unbranched alkanes of at least 4 members (excludes halogenated alkanes) is 21. The fourth-order valence-electron chi connectivity index (χ4n) is 6.89. The van der Waals surface area contributed by atoms with Gasteiger partial charge in [0.15, 0.2) is 18.6 Å². The van der Waals surface area contributed by atoms with Crippen LogP contribution in [0.3, 0.4) is 0 Å². The number of nitrogens with one attached hydrogen (secondary N) is 5. The summed E-state index contributed by atoms with van der Waals surface area (Å²) in [5, 5.41) is 42.7. The van der Waals surface area contributed by atoms with Crippen LogP contribution in [0.25, 0.3) is 0 Å². The summed E-state index contributed by atoms with van der Waals surface area (Å²) in [6, 6.07) is 0. The highest BCUT2D eigenvalue weighted by molar-refractivity contribution is 5.95. The maximum absolute atomic E-state index is 8.38. The van der Waals surface area contributed by atoms with Crippen LogP contribution in [0.4, 0.5) is 0 Å². The van der Waals surface area contributed by atoms with E-state index in [1.54, 1.807) is 18.6 Å². The van der Waals surface area contributed by atoms with E-state index in [4.69, 9.17) is 84.3 Å². The van der Waals surface area contributed by atoms with Crippen LogP contribution in [0.15, 0.2) is 39.9 Å². The number of aliphatic imine (C=N–C) groups is 8. The number of rotatable bonds is 42. The minimum atomic E-state index is 0.130. The van der Waals surface area contributed by atoms with E-state index in [1.807, 2.05) is 0 Å². The zero-order valence-corrected chi connectivity index (χ0v) is 47.3. The minimum Gasteiger partial charge on any atom is -0.387 e. The second-order valence-corrected chi connectivity index (χ2v) is 18.2. The fraction of sp³-hybridized carbons (Fsp3) is 0.765. The van der Waals surface area contributed by atoms with Crippen molar-refractivity contribution < 1.29 is 0 Å². The van der Waals surface area contributed by atoms with Crippen LogP contribution < -0.4 is 84.3 Å². The lowest BCUT2D eigenvalue weighted by atomic mass is 10.1. The molecule has 0 rings (SSSR count). The molecule has 0 aliphatic rings. The zero-order chi connectivity index (χ0) is 58.4. The Labute approximate surface area is 467 Å². The van der Waals surface area contributed by atoms with Gasteiger partial charge in [0.2, 0.25) is 35.8 Å². The van der Waals surface area contributed by atoms with Crippen molar-refractivity contribution in [1.29, 1.82) is 21.2 Å². The van der Waals surface area contributed by atoms with Crippen molar-refractivity contribution in [2.24, 2.45) is 103 Å². The molecule has 0 atom stereocenters. The van der Waals surface area contributed by atoms with Crippen molar-refractivity contribution >= 4 is 53.3 Å². The van der Waals surface area contributed by atoms with Crippen LogP contribution in [0.5, 0.6) is 0 Å². The molecule has 0 heterocycles. The van der Waals surface area contributed by atoms with Gasteiger partial charge < -0.3 is 68.4 Å². The summed E-state index contributed by atoms with van der Waals surface area (Å²) in [5.41, 5.74) is 61.8. The summed E-state index contributed by atoms with van der Waals surface area (Å²) in [6.45, 7) is 6.14. The van der Waals surface area contributed by atoms with E-state index in [9.17, 15) is 0 Å². The lowest BCUT2D eigenvalue weighted by molar-refractivity contribution is 0.626. The van der Waals surface area contributed by atoms with E-state index in [0.29, 0.717) is 69.2 Å². The number of amidine groups is 3. The predicted octanol–water partition coefficient (Wildman–Crippen LogP) is 2.92. The van der Waals surface area contributed by atoms with Gasteiger partial charge in [-0.15, -0.1) is 0 Å². The van der Waals surface area contributed by atoms with E-state index in [2.05, 4.69) is 61.2 Å². The Morgan fingerprint density at radius 1 is 0.333 bits per heavy atom. The average Bonchev–Trinajstić information content (AvgIpc) is 3.40. The van der Waals surface area contributed by atoms with E-state index < -0.39 is 0 Å². The molecule has 0 saturated carbocycles. The summed E-state index contributed by atoms with van der Waals surface area (Å²) in [5.74, 6) is 2.72. The molecule has 27 heteroatoms. The SMILES string of the molecule is N#CNC(N)=NCCCCCCCC(N)=NC(N)=NCCCCCCN=C(N)NC#N.N#CNC(N)=NCCCCCCNC(=N)N=C(N)CCCCCCCN.NCCCCCCCC(N)=NC(N)=NCCCCCCN. The van der Waals surface area contributed by atoms with Crippen LogP contribution in [-0.2, 0) is 0 Å². The van der Waals surface area contributed by atoms with Gasteiger partial charge in [0, 0.05) is 58.5 Å². The quantitative estimate of drug-likeness (QED) is 0.0137. The van der Waals surface area contributed by atoms with Crippen molar-refractivity contribution in [3.63, 3.8) is 0 Å². The number of nitrogens with zero attached hydrogens (tertiary/aromatic N) is 11. The van der Waals surface area contributed by atoms with Crippen molar-refractivity contribution in [3.05, 3.63) is 0 Å². The molecule has 0 spiro atoms. The largest absolute Gasteiger partial charge is 0.387 e. The molecular weight excluding hydrogens is 991 g/mol. The Kier molecular flexibility index (Phi) is 58.7. The molecule has 0 amide bonds. The second kappa shape index (κ2) is 60.8. The van der Waals surface area contributed by atoms with Crippen molar-refractivity contribution in [1.82, 2.24) is 21.3 Å². The number of hydrogen-bond acceptors (Lipinski definition) is 12. The molecule has 0 radical (unpaired) electrons. The van der Waals surface area contributed by atoms with Crippen LogP contribution in [0.2, 0.25) is 0 Å². The molecule has 0 aromatic carbocycles. The number of nitrogens with two attached hydrogens (primary N) is 11. The van der Waals surface area contributed by atoms with Crippen LogP contribution >= 0.6 is 0 Å². The monoisotopic (exact) mass is 1100 g/mol. The summed E-state index contributed by atoms with van der Waals surface area (Å²) in [6.07, 6.45) is 35.8. The standard InChI is InChI=1S/C19H36N12.C17H35N9.C15H34N6/c20-14-29-17(23)26-11-7-3-1-2-6-10-16(22)31-19(25)28-13-9-5-4-8-12-27-18(24)30-15-21;18-11-7-3-1-2-6-10-15(20)26-17(22)24-13-9-5-4-8-12-23-16(21)25-14-19;16-11-7-3-1-2-6-10-14(18)21-15(19)20-13-9-5-4-8-12-17/h1-13H2,(H3,23,26,29)(H3,24,27,30)(H4,22,25,28,31);1-13,18H2,(H3,21,23,25)(H4,20,22,24,26);1-13,16-17H2,(H4,18,19,20,21). The minimum absolute atomic E-state index is 0.130. The van der Waals surface area contributed by atoms with E-state index in [0.717, 1.165) is 180 Å². The first-order valence-corrected chi connectivity index (χ1v) is 28.2. The van der Waals surface area contributed by atoms with Crippen molar-refractivity contribution in [2.75, 3.05) is 58.9 Å². The molecule has 0 unspecified atom stereocenters. The van der Waals surface area contributed by atoms with Gasteiger partial charge >= 0.3 is 0 Å². The molecule has 0 bridgehead atoms. The van der Waals surface area contributed by atoms with Gasteiger partial charge in [-0.2, -0.15) is 15.8 Å². The van der Waals surface area contributed by atoms with Crippen molar-refractivity contribution in [2.45, 2.75) is 193 Å². The Balaban J connectivity index is -0.00000110. The smallest absolute Gasteiger partial charge is 0.216 e. The van der Waals surface area contributed by atoms with Crippen LogP contribution in [-0.4, -0.2) is 112 Å². The van der Waals surface area contributed by atoms with Gasteiger partial charge in [-0.25, -0.2) is 15.0 Å². The molecule has 0 fully saturated rings. The van der Waals surface area contributed by atoms with Crippen LogP contribution in [0.1, 0.15) is 193 Å². The number of nitriles is 3. The molecule has 0 saturated heterocycles. The molecular formula is C51H105N27. The van der Waals surface area contributed by atoms with Gasteiger partial charge in [0.25, 0.3) is 0 Å². The van der Waals surface area contributed by atoms with Gasteiger partial charge in [-0.1, -0.05) is 96.3 Å². The van der Waals surface area contributed by atoms with E-state index >= 15 is 0 Å². The molecule has 0 aromatic heterocycles. The Bertz CT molecular complexity index is 1830. The topological polar surface area (TPSA) is 528 Å². The highest BCUT2D eigenvalue weighted by Gasteiger charge is 2.01. The number of hydrogen-bond donors (Lipinski definition) is 16.